The van der Waals surface area contributed by atoms with Crippen LogP contribution in [-0.4, -0.2) is 41.3 Å². The van der Waals surface area contributed by atoms with Crippen molar-refractivity contribution in [1.82, 2.24) is 0 Å². The molecule has 2 aliphatic carbocycles. The summed E-state index contributed by atoms with van der Waals surface area (Å²) in [6.07, 6.45) is -20.0. The molecule has 5 atom stereocenters. The largest absolute Gasteiger partial charge is 0.461 e. The van der Waals surface area contributed by atoms with E-state index in [4.69, 9.17) is 4.74 Å². The number of halogens is 9. The summed E-state index contributed by atoms with van der Waals surface area (Å²) in [7, 11) is 0. The van der Waals surface area contributed by atoms with E-state index < -0.39 is 89.5 Å². The third-order valence-electron chi connectivity index (χ3n) is 9.02. The number of esters is 1. The topological polar surface area (TPSA) is 46.5 Å². The zero-order chi connectivity index (χ0) is 28.3. The molecule has 2 bridgehead atoms. The van der Waals surface area contributed by atoms with Gasteiger partial charge in [-0.1, -0.05) is 48.0 Å². The molecule has 0 aromatic rings. The number of alkyl halides is 9. The maximum atomic E-state index is 14.7. The molecule has 0 heterocycles. The average molecular weight is 543 g/mol. The Labute approximate surface area is 205 Å². The lowest BCUT2D eigenvalue weighted by atomic mass is 9.57. The lowest BCUT2D eigenvalue weighted by Gasteiger charge is -2.49. The number of aliphatic hydroxyl groups is 1. The number of hydrogen-bond acceptors (Lipinski definition) is 3. The molecule has 1 N–H and O–H groups in total. The van der Waals surface area contributed by atoms with Crippen LogP contribution in [0.4, 0.5) is 39.5 Å². The first-order chi connectivity index (χ1) is 15.9. The van der Waals surface area contributed by atoms with Crippen molar-refractivity contribution in [3.8, 4) is 0 Å². The van der Waals surface area contributed by atoms with Gasteiger partial charge in [0.2, 0.25) is 0 Å². The van der Waals surface area contributed by atoms with Crippen LogP contribution in [-0.2, 0) is 9.53 Å². The Hall–Kier alpha value is -1.20. The molecule has 0 amide bonds. The zero-order valence-corrected chi connectivity index (χ0v) is 21.2. The zero-order valence-electron chi connectivity index (χ0n) is 21.2. The van der Waals surface area contributed by atoms with Crippen LogP contribution in [0.2, 0.25) is 0 Å². The minimum Gasteiger partial charge on any atom is -0.461 e. The summed E-state index contributed by atoms with van der Waals surface area (Å²) in [5.41, 5.74) is -10.4. The van der Waals surface area contributed by atoms with Gasteiger partial charge in [0.25, 0.3) is 5.60 Å². The van der Waals surface area contributed by atoms with Gasteiger partial charge in [-0.15, -0.1) is 0 Å². The fourth-order valence-electron chi connectivity index (χ4n) is 6.03. The van der Waals surface area contributed by atoms with E-state index in [0.717, 1.165) is 0 Å². The van der Waals surface area contributed by atoms with Crippen LogP contribution in [0.15, 0.2) is 0 Å². The molecule has 0 saturated heterocycles. The van der Waals surface area contributed by atoms with Crippen molar-refractivity contribution in [3.05, 3.63) is 0 Å². The van der Waals surface area contributed by atoms with Crippen molar-refractivity contribution >= 4 is 5.97 Å². The fraction of sp³-hybridized carbons (Fsp3) is 0.958. The minimum atomic E-state index is -5.99. The lowest BCUT2D eigenvalue weighted by Crippen LogP contribution is -2.63. The van der Waals surface area contributed by atoms with Gasteiger partial charge in [-0.2, -0.15) is 39.5 Å². The van der Waals surface area contributed by atoms with E-state index in [1.54, 1.807) is 20.8 Å². The van der Waals surface area contributed by atoms with E-state index >= 15 is 0 Å². The van der Waals surface area contributed by atoms with Gasteiger partial charge in [-0.3, -0.25) is 4.79 Å². The Morgan fingerprint density at radius 3 is 1.61 bits per heavy atom. The van der Waals surface area contributed by atoms with Crippen molar-refractivity contribution < 1.29 is 54.2 Å². The molecule has 3 nitrogen and oxygen atoms in total. The summed E-state index contributed by atoms with van der Waals surface area (Å²) >= 11 is 0. The predicted molar refractivity (Wildman–Crippen MR) is 113 cm³/mol. The van der Waals surface area contributed by atoms with Crippen LogP contribution in [0, 0.1) is 34.0 Å². The quantitative estimate of drug-likeness (QED) is 0.254. The van der Waals surface area contributed by atoms with Crippen LogP contribution in [0.5, 0.6) is 0 Å². The smallest absolute Gasteiger partial charge is 0.426 e. The third-order valence-corrected chi connectivity index (χ3v) is 9.02. The molecule has 2 saturated carbocycles. The van der Waals surface area contributed by atoms with E-state index in [0.29, 0.717) is 6.42 Å². The molecular weight excluding hydrogens is 507 g/mol. The molecule has 36 heavy (non-hydrogen) atoms. The molecular formula is C24H35F9O3. The Bertz CT molecular complexity index is 799. The third kappa shape index (κ3) is 4.84. The van der Waals surface area contributed by atoms with Crippen LogP contribution in [0.3, 0.4) is 0 Å². The molecule has 5 unspecified atom stereocenters. The molecule has 0 aromatic heterocycles. The molecule has 212 valence electrons. The first-order valence-corrected chi connectivity index (χ1v) is 12.1. The number of rotatable bonds is 8. The maximum absolute atomic E-state index is 14.7. The van der Waals surface area contributed by atoms with Gasteiger partial charge in [0.1, 0.15) is 6.10 Å². The summed E-state index contributed by atoms with van der Waals surface area (Å²) < 4.78 is 130. The highest BCUT2D eigenvalue weighted by Gasteiger charge is 2.77. The molecule has 0 aromatic carbocycles. The molecule has 2 aliphatic rings. The van der Waals surface area contributed by atoms with Gasteiger partial charge in [-0.05, 0) is 54.8 Å². The van der Waals surface area contributed by atoms with Gasteiger partial charge < -0.3 is 9.84 Å². The average Bonchev–Trinajstić information content (AvgIpc) is 3.29. The normalized spacial score (nSPS) is 27.8. The van der Waals surface area contributed by atoms with Gasteiger partial charge >= 0.3 is 24.5 Å². The Morgan fingerprint density at radius 1 is 0.778 bits per heavy atom. The molecule has 0 aliphatic heterocycles. The first kappa shape index (κ1) is 31.0. The van der Waals surface area contributed by atoms with E-state index in [2.05, 4.69) is 0 Å². The fourth-order valence-corrected chi connectivity index (χ4v) is 6.03. The maximum Gasteiger partial charge on any atom is 0.426 e. The molecule has 0 spiro atoms. The highest BCUT2D eigenvalue weighted by molar-refractivity contribution is 5.79. The van der Waals surface area contributed by atoms with Crippen molar-refractivity contribution in [3.63, 3.8) is 0 Å². The van der Waals surface area contributed by atoms with Crippen LogP contribution < -0.4 is 0 Å². The van der Waals surface area contributed by atoms with E-state index in [-0.39, 0.29) is 12.8 Å². The van der Waals surface area contributed by atoms with E-state index in [1.165, 1.54) is 20.8 Å². The highest BCUT2D eigenvalue weighted by Crippen LogP contribution is 2.62. The van der Waals surface area contributed by atoms with Gasteiger partial charge in [-0.25, -0.2) is 0 Å². The second kappa shape index (κ2) is 9.22. The van der Waals surface area contributed by atoms with Gasteiger partial charge in [0.15, 0.2) is 5.41 Å². The van der Waals surface area contributed by atoms with Gasteiger partial charge in [0.05, 0.1) is 0 Å². The van der Waals surface area contributed by atoms with Crippen LogP contribution in [0.25, 0.3) is 0 Å². The summed E-state index contributed by atoms with van der Waals surface area (Å²) in [6, 6.07) is 0. The van der Waals surface area contributed by atoms with Gasteiger partial charge in [0, 0.05) is 5.92 Å². The monoisotopic (exact) mass is 542 g/mol. The Morgan fingerprint density at radius 2 is 1.28 bits per heavy atom. The number of carbonyl (C=O) groups excluding carboxylic acids is 1. The molecule has 0 radical (unpaired) electrons. The number of carbonyl (C=O) groups is 1. The van der Waals surface area contributed by atoms with Crippen molar-refractivity contribution in [1.29, 1.82) is 0 Å². The van der Waals surface area contributed by atoms with E-state index in [9.17, 15) is 49.4 Å². The highest BCUT2D eigenvalue weighted by atomic mass is 19.4. The van der Waals surface area contributed by atoms with Crippen molar-refractivity contribution in [2.24, 2.45) is 34.0 Å². The number of ether oxygens (including phenoxy) is 1. The summed E-state index contributed by atoms with van der Waals surface area (Å²) in [5, 5.41) is 9.80. The standard InChI is InChI=1S/C24H35F9O3/c1-7-18(3,4)12-20(22(25,26)27,19(5,6)8-2)17(34)36-16-11-13-9-14(16)10-15(13)21(35,23(28,29)30)24(31,32)33/h13-16,35H,7-12H2,1-6H3. The minimum absolute atomic E-state index is 0.0373. The number of hydrogen-bond donors (Lipinski definition) is 1. The predicted octanol–water partition coefficient (Wildman–Crippen LogP) is 7.61. The molecule has 2 rings (SSSR count). The summed E-state index contributed by atoms with van der Waals surface area (Å²) in [4.78, 5) is 13.4. The number of fused-ring (bicyclic) bond motifs is 2. The SMILES string of the molecule is CCC(C)(C)CC(C(=O)OC1CC2CC1CC2C(O)(C(F)(F)F)C(F)(F)F)(C(F)(F)F)C(C)(C)CC. The summed E-state index contributed by atoms with van der Waals surface area (Å²) in [6.45, 7) is 8.97. The Kier molecular flexibility index (Phi) is 7.94. The molecule has 2 fully saturated rings. The van der Waals surface area contributed by atoms with Crippen molar-refractivity contribution in [2.45, 2.75) is 110 Å². The summed E-state index contributed by atoms with van der Waals surface area (Å²) in [5.74, 6) is -6.11. The Balaban J connectivity index is 2.40. The first-order valence-electron chi connectivity index (χ1n) is 12.1. The van der Waals surface area contributed by atoms with Crippen molar-refractivity contribution in [2.75, 3.05) is 0 Å². The van der Waals surface area contributed by atoms with Crippen LogP contribution >= 0.6 is 0 Å². The van der Waals surface area contributed by atoms with Crippen LogP contribution in [0.1, 0.15) is 80.1 Å². The lowest BCUT2D eigenvalue weighted by molar-refractivity contribution is -0.389. The van der Waals surface area contributed by atoms with E-state index in [1.807, 2.05) is 0 Å². The second-order valence-electron chi connectivity index (χ2n) is 11.9. The second-order valence-corrected chi connectivity index (χ2v) is 11.9. The molecule has 12 heteroatoms.